The van der Waals surface area contributed by atoms with E-state index in [9.17, 15) is 4.79 Å². The van der Waals surface area contributed by atoms with E-state index in [1.165, 1.54) is 13.4 Å². The molecule has 112 valence electrons. The average Bonchev–Trinajstić information content (AvgIpc) is 2.93. The molecule has 0 amide bonds. The lowest BCUT2D eigenvalue weighted by atomic mass is 10.1. The van der Waals surface area contributed by atoms with Crippen molar-refractivity contribution in [1.82, 2.24) is 0 Å². The first kappa shape index (κ1) is 15.4. The summed E-state index contributed by atoms with van der Waals surface area (Å²) in [6.45, 7) is 2.41. The molecule has 0 saturated heterocycles. The monoisotopic (exact) mass is 353 g/mol. The van der Waals surface area contributed by atoms with E-state index >= 15 is 0 Å². The lowest BCUT2D eigenvalue weighted by Crippen LogP contribution is -2.08. The maximum absolute atomic E-state index is 11.6. The van der Waals surface area contributed by atoms with Crippen LogP contribution in [0.15, 0.2) is 33.4 Å². The molecule has 0 fully saturated rings. The van der Waals surface area contributed by atoms with Gasteiger partial charge in [0.2, 0.25) is 5.76 Å². The molecule has 0 atom stereocenters. The fourth-order valence-corrected chi connectivity index (χ4v) is 2.58. The Hall–Kier alpha value is -1.95. The van der Waals surface area contributed by atoms with Crippen LogP contribution in [0.3, 0.4) is 0 Å². The Balaban J connectivity index is 2.21. The van der Waals surface area contributed by atoms with Crippen molar-refractivity contribution < 1.29 is 18.7 Å². The second-order valence-electron chi connectivity index (χ2n) is 4.42. The number of methoxy groups -OCH3 is 2. The molecular formula is C15H16BrNO4. The van der Waals surface area contributed by atoms with Gasteiger partial charge in [0.1, 0.15) is 5.75 Å². The fourth-order valence-electron chi connectivity index (χ4n) is 2.03. The van der Waals surface area contributed by atoms with Gasteiger partial charge in [0, 0.05) is 16.6 Å². The number of esters is 1. The number of carbonyl (C=O) groups is 1. The second-order valence-corrected chi connectivity index (χ2v) is 5.34. The van der Waals surface area contributed by atoms with E-state index in [2.05, 4.69) is 26.0 Å². The first-order chi connectivity index (χ1) is 10.1. The van der Waals surface area contributed by atoms with Crippen LogP contribution in [0.1, 0.15) is 21.7 Å². The Labute approximate surface area is 131 Å². The summed E-state index contributed by atoms with van der Waals surface area (Å²) in [5, 5.41) is 3.27. The molecule has 0 spiro atoms. The van der Waals surface area contributed by atoms with Gasteiger partial charge in [0.05, 0.1) is 26.2 Å². The summed E-state index contributed by atoms with van der Waals surface area (Å²) in [7, 11) is 2.94. The molecule has 0 saturated carbocycles. The van der Waals surface area contributed by atoms with Gasteiger partial charge in [-0.05, 0) is 30.7 Å². The van der Waals surface area contributed by atoms with Gasteiger partial charge in [0.25, 0.3) is 0 Å². The van der Waals surface area contributed by atoms with E-state index in [-0.39, 0.29) is 5.76 Å². The first-order valence-electron chi connectivity index (χ1n) is 6.29. The van der Waals surface area contributed by atoms with Gasteiger partial charge in [0.15, 0.2) is 0 Å². The Morgan fingerprint density at radius 3 is 2.81 bits per heavy atom. The minimum Gasteiger partial charge on any atom is -0.495 e. The number of hydrogen-bond donors (Lipinski definition) is 1. The van der Waals surface area contributed by atoms with Crippen molar-refractivity contribution in [2.75, 3.05) is 19.5 Å². The van der Waals surface area contributed by atoms with Crippen LogP contribution in [0.4, 0.5) is 5.69 Å². The molecule has 21 heavy (non-hydrogen) atoms. The highest BCUT2D eigenvalue weighted by Gasteiger charge is 2.16. The number of halogens is 1. The van der Waals surface area contributed by atoms with Crippen molar-refractivity contribution in [2.24, 2.45) is 0 Å². The summed E-state index contributed by atoms with van der Waals surface area (Å²) in [6.07, 6.45) is 1.47. The van der Waals surface area contributed by atoms with Crippen molar-refractivity contribution in [3.63, 3.8) is 0 Å². The summed E-state index contributed by atoms with van der Waals surface area (Å²) in [6, 6.07) is 5.60. The van der Waals surface area contributed by atoms with Gasteiger partial charge in [-0.25, -0.2) is 4.79 Å². The van der Waals surface area contributed by atoms with Crippen LogP contribution in [0.25, 0.3) is 0 Å². The summed E-state index contributed by atoms with van der Waals surface area (Å²) in [5.74, 6) is 0.444. The van der Waals surface area contributed by atoms with Gasteiger partial charge in [-0.3, -0.25) is 0 Å². The van der Waals surface area contributed by atoms with Crippen molar-refractivity contribution in [3.05, 3.63) is 45.8 Å². The largest absolute Gasteiger partial charge is 0.495 e. The molecule has 5 nitrogen and oxygen atoms in total. The van der Waals surface area contributed by atoms with Crippen LogP contribution in [-0.4, -0.2) is 20.2 Å². The molecule has 0 radical (unpaired) electrons. The standard InChI is InChI=1S/C15H16BrNO4/c1-9-6-11(16)7-12(19-2)13(9)17-8-10-4-5-21-14(10)15(18)20-3/h4-7,17H,8H2,1-3H3. The fraction of sp³-hybridized carbons (Fsp3) is 0.267. The highest BCUT2D eigenvalue weighted by atomic mass is 79.9. The Kier molecular flexibility index (Phi) is 4.90. The summed E-state index contributed by atoms with van der Waals surface area (Å²) in [5.41, 5.74) is 2.63. The van der Waals surface area contributed by atoms with Gasteiger partial charge >= 0.3 is 5.97 Å². The quantitative estimate of drug-likeness (QED) is 0.829. The number of nitrogens with one attached hydrogen (secondary N) is 1. The van der Waals surface area contributed by atoms with E-state index in [0.717, 1.165) is 27.0 Å². The molecule has 1 aromatic heterocycles. The van der Waals surface area contributed by atoms with Crippen LogP contribution < -0.4 is 10.1 Å². The minimum atomic E-state index is -0.490. The number of anilines is 1. The molecule has 2 aromatic rings. The molecule has 0 bridgehead atoms. The normalized spacial score (nSPS) is 10.3. The molecular weight excluding hydrogens is 338 g/mol. The average molecular weight is 354 g/mol. The number of rotatable bonds is 5. The number of furan rings is 1. The van der Waals surface area contributed by atoms with Crippen molar-refractivity contribution in [3.8, 4) is 5.75 Å². The van der Waals surface area contributed by atoms with Gasteiger partial charge in [-0.2, -0.15) is 0 Å². The topological polar surface area (TPSA) is 60.7 Å². The SMILES string of the molecule is COC(=O)c1occc1CNc1c(C)cc(Br)cc1OC. The zero-order valence-corrected chi connectivity index (χ0v) is 13.6. The summed E-state index contributed by atoms with van der Waals surface area (Å²) in [4.78, 5) is 11.6. The van der Waals surface area contributed by atoms with Gasteiger partial charge in [-0.1, -0.05) is 15.9 Å². The highest BCUT2D eigenvalue weighted by Crippen LogP contribution is 2.32. The van der Waals surface area contributed by atoms with Crippen molar-refractivity contribution in [1.29, 1.82) is 0 Å². The van der Waals surface area contributed by atoms with Crippen LogP contribution in [0.5, 0.6) is 5.75 Å². The Bertz CT molecular complexity index is 651. The lowest BCUT2D eigenvalue weighted by molar-refractivity contribution is 0.0563. The number of benzene rings is 1. The highest BCUT2D eigenvalue weighted by molar-refractivity contribution is 9.10. The molecule has 0 aliphatic carbocycles. The maximum atomic E-state index is 11.6. The molecule has 1 aromatic carbocycles. The molecule has 1 N–H and O–H groups in total. The van der Waals surface area contributed by atoms with Crippen molar-refractivity contribution in [2.45, 2.75) is 13.5 Å². The van der Waals surface area contributed by atoms with Gasteiger partial charge in [-0.15, -0.1) is 0 Å². The predicted molar refractivity (Wildman–Crippen MR) is 82.8 cm³/mol. The van der Waals surface area contributed by atoms with Crippen LogP contribution >= 0.6 is 15.9 Å². The summed E-state index contributed by atoms with van der Waals surface area (Å²) < 4.78 is 16.2. The number of ether oxygens (including phenoxy) is 2. The van der Waals surface area contributed by atoms with E-state index in [4.69, 9.17) is 9.15 Å². The van der Waals surface area contributed by atoms with E-state index in [1.807, 2.05) is 19.1 Å². The zero-order valence-electron chi connectivity index (χ0n) is 12.0. The van der Waals surface area contributed by atoms with Crippen LogP contribution in [-0.2, 0) is 11.3 Å². The first-order valence-corrected chi connectivity index (χ1v) is 7.08. The number of carbonyl (C=O) groups excluding carboxylic acids is 1. The smallest absolute Gasteiger partial charge is 0.374 e. The van der Waals surface area contributed by atoms with E-state index < -0.39 is 5.97 Å². The third-order valence-electron chi connectivity index (χ3n) is 3.06. The van der Waals surface area contributed by atoms with Crippen molar-refractivity contribution >= 4 is 27.6 Å². The summed E-state index contributed by atoms with van der Waals surface area (Å²) >= 11 is 3.43. The zero-order chi connectivity index (χ0) is 15.4. The minimum absolute atomic E-state index is 0.207. The molecule has 1 heterocycles. The third kappa shape index (κ3) is 3.39. The molecule has 6 heteroatoms. The number of aryl methyl sites for hydroxylation is 1. The second kappa shape index (κ2) is 6.67. The third-order valence-corrected chi connectivity index (χ3v) is 3.52. The van der Waals surface area contributed by atoms with E-state index in [1.54, 1.807) is 13.2 Å². The van der Waals surface area contributed by atoms with E-state index in [0.29, 0.717) is 6.54 Å². The molecule has 0 aliphatic rings. The lowest BCUT2D eigenvalue weighted by Gasteiger charge is -2.14. The van der Waals surface area contributed by atoms with Crippen LogP contribution in [0, 0.1) is 6.92 Å². The maximum Gasteiger partial charge on any atom is 0.374 e. The number of hydrogen-bond acceptors (Lipinski definition) is 5. The molecule has 0 aliphatic heterocycles. The molecule has 0 unspecified atom stereocenters. The van der Waals surface area contributed by atoms with Crippen LogP contribution in [0.2, 0.25) is 0 Å². The Morgan fingerprint density at radius 1 is 1.38 bits per heavy atom. The Morgan fingerprint density at radius 2 is 2.14 bits per heavy atom. The van der Waals surface area contributed by atoms with Gasteiger partial charge < -0.3 is 19.2 Å². The predicted octanol–water partition coefficient (Wildman–Crippen LogP) is 3.76. The molecule has 2 rings (SSSR count).